The standard InChI is InChI=1S/C17H15ClFN3O/c1-23-16-8-4-13(5-9-16)17(19,10-15-11-20-22-21-15)12-2-6-14(18)7-3-12/h2-9,11H,10H2,1H3,(H,20,21,22). The van der Waals surface area contributed by atoms with Crippen LogP contribution < -0.4 is 4.74 Å². The second kappa shape index (κ2) is 6.38. The van der Waals surface area contributed by atoms with Crippen molar-refractivity contribution in [1.29, 1.82) is 0 Å². The molecule has 0 amide bonds. The first-order valence-corrected chi connectivity index (χ1v) is 7.44. The Morgan fingerprint density at radius 1 is 1.09 bits per heavy atom. The minimum atomic E-state index is -1.74. The van der Waals surface area contributed by atoms with Crippen molar-refractivity contribution in [1.82, 2.24) is 15.4 Å². The number of nitrogens with one attached hydrogen (secondary N) is 1. The fourth-order valence-electron chi connectivity index (χ4n) is 2.50. The van der Waals surface area contributed by atoms with Crippen LogP contribution in [0.2, 0.25) is 5.02 Å². The molecule has 0 aliphatic heterocycles. The summed E-state index contributed by atoms with van der Waals surface area (Å²) in [6.45, 7) is 0. The molecule has 0 saturated carbocycles. The molecule has 0 radical (unpaired) electrons. The van der Waals surface area contributed by atoms with Gasteiger partial charge in [0.25, 0.3) is 0 Å². The minimum Gasteiger partial charge on any atom is -0.497 e. The van der Waals surface area contributed by atoms with E-state index in [9.17, 15) is 0 Å². The maximum atomic E-state index is 16.0. The summed E-state index contributed by atoms with van der Waals surface area (Å²) in [6.07, 6.45) is 1.66. The van der Waals surface area contributed by atoms with Crippen LogP contribution in [0.3, 0.4) is 0 Å². The molecule has 23 heavy (non-hydrogen) atoms. The first-order chi connectivity index (χ1) is 11.1. The quantitative estimate of drug-likeness (QED) is 0.771. The van der Waals surface area contributed by atoms with E-state index in [2.05, 4.69) is 15.4 Å². The highest BCUT2D eigenvalue weighted by Gasteiger charge is 2.35. The van der Waals surface area contributed by atoms with Crippen LogP contribution in [0.1, 0.15) is 16.8 Å². The summed E-state index contributed by atoms with van der Waals surface area (Å²) >= 11 is 5.92. The van der Waals surface area contributed by atoms with Gasteiger partial charge in [-0.05, 0) is 35.4 Å². The fourth-order valence-corrected chi connectivity index (χ4v) is 2.63. The first kappa shape index (κ1) is 15.5. The zero-order valence-electron chi connectivity index (χ0n) is 12.5. The SMILES string of the molecule is COc1ccc(C(F)(Cc2c[nH]nn2)c2ccc(Cl)cc2)cc1. The highest BCUT2D eigenvalue weighted by molar-refractivity contribution is 6.30. The molecule has 4 nitrogen and oxygen atoms in total. The monoisotopic (exact) mass is 331 g/mol. The van der Waals surface area contributed by atoms with Gasteiger partial charge in [-0.1, -0.05) is 41.1 Å². The van der Waals surface area contributed by atoms with E-state index in [0.717, 1.165) is 0 Å². The Bertz CT molecular complexity index is 760. The molecule has 3 aromatic rings. The largest absolute Gasteiger partial charge is 0.497 e. The second-order valence-corrected chi connectivity index (χ2v) is 5.61. The van der Waals surface area contributed by atoms with Gasteiger partial charge >= 0.3 is 0 Å². The van der Waals surface area contributed by atoms with Crippen LogP contribution in [0, 0.1) is 0 Å². The van der Waals surface area contributed by atoms with E-state index < -0.39 is 5.67 Å². The lowest BCUT2D eigenvalue weighted by Crippen LogP contribution is -2.25. The van der Waals surface area contributed by atoms with Crippen molar-refractivity contribution in [3.05, 3.63) is 76.6 Å². The molecule has 0 aliphatic carbocycles. The third kappa shape index (κ3) is 3.19. The number of aromatic amines is 1. The van der Waals surface area contributed by atoms with E-state index in [1.54, 1.807) is 61.8 Å². The lowest BCUT2D eigenvalue weighted by molar-refractivity contribution is 0.219. The summed E-state index contributed by atoms with van der Waals surface area (Å²) in [7, 11) is 1.58. The van der Waals surface area contributed by atoms with Crippen LogP contribution in [-0.4, -0.2) is 22.5 Å². The Morgan fingerprint density at radius 2 is 1.70 bits per heavy atom. The first-order valence-electron chi connectivity index (χ1n) is 7.06. The van der Waals surface area contributed by atoms with Crippen molar-refractivity contribution in [3.63, 3.8) is 0 Å². The van der Waals surface area contributed by atoms with E-state index in [1.165, 1.54) is 0 Å². The average molecular weight is 332 g/mol. The molecule has 1 atom stereocenters. The predicted octanol–water partition coefficient (Wildman–Crippen LogP) is 3.92. The maximum absolute atomic E-state index is 16.0. The molecule has 1 aromatic heterocycles. The summed E-state index contributed by atoms with van der Waals surface area (Å²) in [5.74, 6) is 0.675. The molecule has 0 saturated heterocycles. The molecule has 2 aromatic carbocycles. The summed E-state index contributed by atoms with van der Waals surface area (Å²) in [5.41, 5.74) is -0.176. The molecule has 0 aliphatic rings. The maximum Gasteiger partial charge on any atom is 0.166 e. The summed E-state index contributed by atoms with van der Waals surface area (Å²) in [6, 6.07) is 13.6. The zero-order valence-corrected chi connectivity index (χ0v) is 13.2. The molecule has 6 heteroatoms. The third-order valence-corrected chi connectivity index (χ3v) is 3.99. The zero-order chi connectivity index (χ0) is 16.3. The van der Waals surface area contributed by atoms with Crippen molar-refractivity contribution in [2.24, 2.45) is 0 Å². The van der Waals surface area contributed by atoms with E-state index >= 15 is 4.39 Å². The second-order valence-electron chi connectivity index (χ2n) is 5.18. The number of rotatable bonds is 5. The number of hydrogen-bond acceptors (Lipinski definition) is 3. The van der Waals surface area contributed by atoms with Gasteiger partial charge in [0, 0.05) is 17.6 Å². The molecular weight excluding hydrogens is 317 g/mol. The third-order valence-electron chi connectivity index (χ3n) is 3.74. The minimum absolute atomic E-state index is 0.0669. The number of methoxy groups -OCH3 is 1. The molecule has 118 valence electrons. The van der Waals surface area contributed by atoms with Gasteiger partial charge in [0.05, 0.1) is 12.8 Å². The summed E-state index contributed by atoms with van der Waals surface area (Å²) in [4.78, 5) is 0. The number of halogens is 2. The Balaban J connectivity index is 2.06. The van der Waals surface area contributed by atoms with Crippen molar-refractivity contribution >= 4 is 11.6 Å². The van der Waals surface area contributed by atoms with Crippen LogP contribution in [0.4, 0.5) is 4.39 Å². The number of nitrogens with zero attached hydrogens (tertiary/aromatic N) is 2. The van der Waals surface area contributed by atoms with Crippen LogP contribution in [0.5, 0.6) is 5.75 Å². The smallest absolute Gasteiger partial charge is 0.166 e. The van der Waals surface area contributed by atoms with Crippen molar-refractivity contribution in [3.8, 4) is 5.75 Å². The molecule has 1 N–H and O–H groups in total. The Labute approximate surface area is 138 Å². The summed E-state index contributed by atoms with van der Waals surface area (Å²) in [5, 5.41) is 10.7. The van der Waals surface area contributed by atoms with E-state index in [-0.39, 0.29) is 6.42 Å². The summed E-state index contributed by atoms with van der Waals surface area (Å²) < 4.78 is 21.2. The molecule has 1 heterocycles. The molecule has 0 fully saturated rings. The van der Waals surface area contributed by atoms with Gasteiger partial charge in [-0.2, -0.15) is 0 Å². The highest BCUT2D eigenvalue weighted by Crippen LogP contribution is 2.38. The Morgan fingerprint density at radius 3 is 2.22 bits per heavy atom. The molecule has 1 unspecified atom stereocenters. The topological polar surface area (TPSA) is 50.8 Å². The fraction of sp³-hybridized carbons (Fsp3) is 0.176. The van der Waals surface area contributed by atoms with Gasteiger partial charge in [-0.15, -0.1) is 5.10 Å². The molecule has 3 rings (SSSR count). The van der Waals surface area contributed by atoms with Gasteiger partial charge in [0.15, 0.2) is 5.67 Å². The van der Waals surface area contributed by atoms with Gasteiger partial charge in [-0.25, -0.2) is 4.39 Å². The van der Waals surface area contributed by atoms with Crippen LogP contribution >= 0.6 is 11.6 Å². The van der Waals surface area contributed by atoms with Crippen LogP contribution in [0.15, 0.2) is 54.7 Å². The number of H-pyrrole nitrogens is 1. The van der Waals surface area contributed by atoms with Crippen molar-refractivity contribution in [2.45, 2.75) is 12.1 Å². The van der Waals surface area contributed by atoms with Crippen molar-refractivity contribution < 1.29 is 9.13 Å². The normalized spacial score (nSPS) is 13.5. The van der Waals surface area contributed by atoms with Gasteiger partial charge < -0.3 is 4.74 Å². The highest BCUT2D eigenvalue weighted by atomic mass is 35.5. The van der Waals surface area contributed by atoms with Gasteiger partial charge in [0.1, 0.15) is 5.75 Å². The molecule has 0 bridgehead atoms. The molecule has 0 spiro atoms. The average Bonchev–Trinajstić information content (AvgIpc) is 3.08. The number of benzene rings is 2. The number of alkyl halides is 1. The van der Waals surface area contributed by atoms with Gasteiger partial charge in [-0.3, -0.25) is 5.10 Å². The van der Waals surface area contributed by atoms with E-state index in [1.807, 2.05) is 0 Å². The lowest BCUT2D eigenvalue weighted by atomic mass is 9.84. The molecular formula is C17H15ClFN3O. The van der Waals surface area contributed by atoms with Crippen LogP contribution in [0.25, 0.3) is 0 Å². The number of ether oxygens (including phenoxy) is 1. The van der Waals surface area contributed by atoms with E-state index in [0.29, 0.717) is 27.6 Å². The van der Waals surface area contributed by atoms with Crippen molar-refractivity contribution in [2.75, 3.05) is 7.11 Å². The number of hydrogen-bond donors (Lipinski definition) is 1. The lowest BCUT2D eigenvalue weighted by Gasteiger charge is -2.26. The van der Waals surface area contributed by atoms with Crippen LogP contribution in [-0.2, 0) is 12.1 Å². The Kier molecular flexibility index (Phi) is 4.30. The number of aromatic nitrogens is 3. The van der Waals surface area contributed by atoms with E-state index in [4.69, 9.17) is 16.3 Å². The predicted molar refractivity (Wildman–Crippen MR) is 86.4 cm³/mol. The van der Waals surface area contributed by atoms with Gasteiger partial charge in [0.2, 0.25) is 0 Å². The Hall–Kier alpha value is -2.40.